The first-order valence-corrected chi connectivity index (χ1v) is 4.87. The molecule has 86 valence electrons. The Balaban J connectivity index is 2.10. The van der Waals surface area contributed by atoms with E-state index in [-0.39, 0.29) is 12.0 Å². The van der Waals surface area contributed by atoms with Gasteiger partial charge in [-0.1, -0.05) is 12.2 Å². The molecular formula is C10H10F3N3. The molecule has 1 aliphatic rings. The van der Waals surface area contributed by atoms with Crippen LogP contribution in [-0.4, -0.2) is 16.0 Å². The Morgan fingerprint density at radius 2 is 1.94 bits per heavy atom. The van der Waals surface area contributed by atoms with Crippen molar-refractivity contribution in [3.05, 3.63) is 30.1 Å². The molecule has 1 aliphatic carbocycles. The molecule has 0 fully saturated rings. The van der Waals surface area contributed by atoms with Gasteiger partial charge in [0.25, 0.3) is 0 Å². The zero-order valence-electron chi connectivity index (χ0n) is 8.33. The summed E-state index contributed by atoms with van der Waals surface area (Å²) in [6.45, 7) is 0. The molecule has 16 heavy (non-hydrogen) atoms. The molecule has 0 bridgehead atoms. The van der Waals surface area contributed by atoms with Crippen LogP contribution in [-0.2, 0) is 6.18 Å². The number of alkyl halides is 3. The Hall–Kier alpha value is -1.59. The number of hydrogen-bond acceptors (Lipinski definition) is 3. The average molecular weight is 229 g/mol. The van der Waals surface area contributed by atoms with Crippen molar-refractivity contribution in [3.8, 4) is 0 Å². The van der Waals surface area contributed by atoms with Gasteiger partial charge >= 0.3 is 6.18 Å². The number of hydrogen-bond donors (Lipinski definition) is 1. The van der Waals surface area contributed by atoms with E-state index in [2.05, 4.69) is 15.3 Å². The Bertz CT molecular complexity index is 393. The number of nitrogens with zero attached hydrogens (tertiary/aromatic N) is 2. The van der Waals surface area contributed by atoms with Crippen molar-refractivity contribution in [2.75, 3.05) is 5.32 Å². The van der Waals surface area contributed by atoms with E-state index >= 15 is 0 Å². The van der Waals surface area contributed by atoms with Gasteiger partial charge in [-0.25, -0.2) is 9.97 Å². The van der Waals surface area contributed by atoms with Gasteiger partial charge in [0.2, 0.25) is 5.95 Å². The predicted octanol–water partition coefficient (Wildman–Crippen LogP) is 2.63. The molecular weight excluding hydrogens is 219 g/mol. The van der Waals surface area contributed by atoms with Gasteiger partial charge in [-0.15, -0.1) is 0 Å². The van der Waals surface area contributed by atoms with Crippen LogP contribution in [0.3, 0.4) is 0 Å². The molecule has 0 saturated heterocycles. The van der Waals surface area contributed by atoms with Crippen LogP contribution in [0.1, 0.15) is 18.5 Å². The molecule has 3 nitrogen and oxygen atoms in total. The van der Waals surface area contributed by atoms with Gasteiger partial charge < -0.3 is 5.32 Å². The summed E-state index contributed by atoms with van der Waals surface area (Å²) in [6, 6.07) is 0.960. The first-order chi connectivity index (χ1) is 7.55. The standard InChI is InChI=1S/C10H10F3N3/c11-10(12,13)8-5-6-14-9(16-8)15-7-3-1-2-4-7/h1-2,5-7H,3-4H2,(H,14,15,16). The molecule has 6 heteroatoms. The Labute approximate surface area is 90.4 Å². The van der Waals surface area contributed by atoms with E-state index in [1.54, 1.807) is 0 Å². The van der Waals surface area contributed by atoms with Gasteiger partial charge in [-0.2, -0.15) is 13.2 Å². The zero-order chi connectivity index (χ0) is 11.6. The third kappa shape index (κ3) is 2.50. The van der Waals surface area contributed by atoms with Crippen LogP contribution in [0.15, 0.2) is 24.4 Å². The molecule has 0 amide bonds. The number of nitrogens with one attached hydrogen (secondary N) is 1. The maximum Gasteiger partial charge on any atom is 0.433 e. The summed E-state index contributed by atoms with van der Waals surface area (Å²) in [7, 11) is 0. The van der Waals surface area contributed by atoms with E-state index in [0.29, 0.717) is 0 Å². The Morgan fingerprint density at radius 3 is 2.56 bits per heavy atom. The van der Waals surface area contributed by atoms with Crippen LogP contribution >= 0.6 is 0 Å². The topological polar surface area (TPSA) is 37.8 Å². The van der Waals surface area contributed by atoms with Crippen LogP contribution < -0.4 is 5.32 Å². The van der Waals surface area contributed by atoms with E-state index < -0.39 is 11.9 Å². The maximum atomic E-state index is 12.4. The highest BCUT2D eigenvalue weighted by molar-refractivity contribution is 5.29. The summed E-state index contributed by atoms with van der Waals surface area (Å²) in [6.07, 6.45) is 2.23. The SMILES string of the molecule is FC(F)(F)c1ccnc(NC2CC=CC2)n1. The molecule has 2 rings (SSSR count). The molecule has 1 N–H and O–H groups in total. The highest BCUT2D eigenvalue weighted by Gasteiger charge is 2.32. The van der Waals surface area contributed by atoms with Crippen molar-refractivity contribution >= 4 is 5.95 Å². The van der Waals surface area contributed by atoms with Crippen molar-refractivity contribution in [1.29, 1.82) is 0 Å². The lowest BCUT2D eigenvalue weighted by molar-refractivity contribution is -0.141. The van der Waals surface area contributed by atoms with E-state index in [0.717, 1.165) is 25.1 Å². The normalized spacial score (nSPS) is 16.7. The minimum absolute atomic E-state index is 0.0310. The zero-order valence-corrected chi connectivity index (χ0v) is 8.33. The number of halogens is 3. The number of rotatable bonds is 2. The monoisotopic (exact) mass is 229 g/mol. The lowest BCUT2D eigenvalue weighted by Crippen LogP contribution is -2.18. The van der Waals surface area contributed by atoms with Crippen molar-refractivity contribution in [2.24, 2.45) is 0 Å². The summed E-state index contributed by atoms with van der Waals surface area (Å²) in [5.74, 6) is 0.0310. The second-order valence-electron chi connectivity index (χ2n) is 3.55. The van der Waals surface area contributed by atoms with Crippen molar-refractivity contribution in [3.63, 3.8) is 0 Å². The van der Waals surface area contributed by atoms with Crippen LogP contribution in [0, 0.1) is 0 Å². The van der Waals surface area contributed by atoms with E-state index in [1.165, 1.54) is 0 Å². The highest BCUT2D eigenvalue weighted by atomic mass is 19.4. The van der Waals surface area contributed by atoms with Crippen LogP contribution in [0.2, 0.25) is 0 Å². The summed E-state index contributed by atoms with van der Waals surface area (Å²) in [5, 5.41) is 2.87. The Kier molecular flexibility index (Phi) is 2.80. The number of anilines is 1. The molecule has 1 aromatic rings. The van der Waals surface area contributed by atoms with Gasteiger partial charge in [0.05, 0.1) is 0 Å². The molecule has 0 radical (unpaired) electrons. The minimum atomic E-state index is -4.42. The molecule has 1 aromatic heterocycles. The second kappa shape index (κ2) is 4.11. The van der Waals surface area contributed by atoms with E-state index in [4.69, 9.17) is 0 Å². The molecule has 0 aliphatic heterocycles. The minimum Gasteiger partial charge on any atom is -0.351 e. The molecule has 0 aromatic carbocycles. The van der Waals surface area contributed by atoms with Gasteiger partial charge in [-0.3, -0.25) is 0 Å². The molecule has 0 unspecified atom stereocenters. The molecule has 1 heterocycles. The van der Waals surface area contributed by atoms with Gasteiger partial charge in [0, 0.05) is 12.2 Å². The smallest absolute Gasteiger partial charge is 0.351 e. The molecule has 0 atom stereocenters. The second-order valence-corrected chi connectivity index (χ2v) is 3.55. The lowest BCUT2D eigenvalue weighted by atomic mass is 10.2. The third-order valence-corrected chi connectivity index (χ3v) is 2.29. The summed E-state index contributed by atoms with van der Waals surface area (Å²) in [4.78, 5) is 7.20. The van der Waals surface area contributed by atoms with Crippen LogP contribution in [0.4, 0.5) is 19.1 Å². The van der Waals surface area contributed by atoms with Gasteiger partial charge in [0.15, 0.2) is 0 Å². The Morgan fingerprint density at radius 1 is 1.25 bits per heavy atom. The summed E-state index contributed by atoms with van der Waals surface area (Å²) in [5.41, 5.74) is -0.920. The first-order valence-electron chi connectivity index (χ1n) is 4.87. The summed E-state index contributed by atoms with van der Waals surface area (Å²) < 4.78 is 37.1. The lowest BCUT2D eigenvalue weighted by Gasteiger charge is -2.13. The number of aromatic nitrogens is 2. The molecule has 0 spiro atoms. The average Bonchev–Trinajstić information content (AvgIpc) is 2.70. The fourth-order valence-corrected chi connectivity index (χ4v) is 1.50. The van der Waals surface area contributed by atoms with Crippen molar-refractivity contribution in [2.45, 2.75) is 25.1 Å². The van der Waals surface area contributed by atoms with Crippen LogP contribution in [0.5, 0.6) is 0 Å². The fourth-order valence-electron chi connectivity index (χ4n) is 1.50. The third-order valence-electron chi connectivity index (χ3n) is 2.29. The van der Waals surface area contributed by atoms with Gasteiger partial charge in [0.1, 0.15) is 5.69 Å². The molecule has 0 saturated carbocycles. The fraction of sp³-hybridized carbons (Fsp3) is 0.400. The van der Waals surface area contributed by atoms with E-state index in [1.807, 2.05) is 12.2 Å². The predicted molar refractivity (Wildman–Crippen MR) is 52.8 cm³/mol. The maximum absolute atomic E-state index is 12.4. The summed E-state index contributed by atoms with van der Waals surface area (Å²) >= 11 is 0. The first kappa shape index (κ1) is 10.9. The van der Waals surface area contributed by atoms with Crippen molar-refractivity contribution < 1.29 is 13.2 Å². The van der Waals surface area contributed by atoms with Crippen molar-refractivity contribution in [1.82, 2.24) is 9.97 Å². The van der Waals surface area contributed by atoms with Gasteiger partial charge in [-0.05, 0) is 18.9 Å². The van der Waals surface area contributed by atoms with Crippen LogP contribution in [0.25, 0.3) is 0 Å². The van der Waals surface area contributed by atoms with E-state index in [9.17, 15) is 13.2 Å². The quantitative estimate of drug-likeness (QED) is 0.792. The highest BCUT2D eigenvalue weighted by Crippen LogP contribution is 2.27. The largest absolute Gasteiger partial charge is 0.433 e.